The Bertz CT molecular complexity index is 1300. The van der Waals surface area contributed by atoms with E-state index in [2.05, 4.69) is 26.2 Å². The molecule has 180 valence electrons. The van der Waals surface area contributed by atoms with E-state index in [0.717, 1.165) is 11.3 Å². The van der Waals surface area contributed by atoms with Crippen LogP contribution in [0.5, 0.6) is 17.2 Å². The normalized spacial score (nSPS) is 15.4. The summed E-state index contributed by atoms with van der Waals surface area (Å²) >= 11 is 4.79. The van der Waals surface area contributed by atoms with Crippen molar-refractivity contribution in [1.29, 1.82) is 0 Å². The molecule has 35 heavy (non-hydrogen) atoms. The Morgan fingerprint density at radius 1 is 1.11 bits per heavy atom. The van der Waals surface area contributed by atoms with Crippen LogP contribution in [0, 0.1) is 5.82 Å². The van der Waals surface area contributed by atoms with Gasteiger partial charge in [0.2, 0.25) is 0 Å². The molecule has 0 spiro atoms. The molecule has 6 nitrogen and oxygen atoms in total. The average Bonchev–Trinajstić information content (AvgIpc) is 3.17. The number of rotatable bonds is 8. The highest BCUT2D eigenvalue weighted by Crippen LogP contribution is 2.39. The first kappa shape index (κ1) is 24.8. The van der Waals surface area contributed by atoms with Crippen LogP contribution in [-0.2, 0) is 11.4 Å². The molecule has 1 aliphatic heterocycles. The molecule has 9 heteroatoms. The number of ether oxygens (including phenoxy) is 3. The molecule has 1 saturated heterocycles. The molecule has 0 atom stereocenters. The molecule has 1 fully saturated rings. The lowest BCUT2D eigenvalue weighted by molar-refractivity contribution is -0.115. The highest BCUT2D eigenvalue weighted by atomic mass is 79.9. The monoisotopic (exact) mass is 556 g/mol. The predicted octanol–water partition coefficient (Wildman–Crippen LogP) is 6.47. The number of aliphatic imine (C=N–C) groups is 1. The third kappa shape index (κ3) is 6.43. The summed E-state index contributed by atoms with van der Waals surface area (Å²) in [6, 6.07) is 17.1. The second-order valence-corrected chi connectivity index (χ2v) is 9.25. The van der Waals surface area contributed by atoms with E-state index < -0.39 is 0 Å². The first-order chi connectivity index (χ1) is 16.9. The minimum atomic E-state index is -0.320. The van der Waals surface area contributed by atoms with Gasteiger partial charge in [0, 0.05) is 0 Å². The highest BCUT2D eigenvalue weighted by Gasteiger charge is 2.24. The fraction of sp³-hybridized carbons (Fsp3) is 0.154. The molecule has 0 aromatic heterocycles. The van der Waals surface area contributed by atoms with Crippen LogP contribution in [0.15, 0.2) is 75.0 Å². The number of nitrogens with zero attached hydrogens (tertiary/aromatic N) is 1. The lowest BCUT2D eigenvalue weighted by Crippen LogP contribution is -2.19. The van der Waals surface area contributed by atoms with Gasteiger partial charge in [0.15, 0.2) is 16.7 Å². The maximum Gasteiger partial charge on any atom is 0.264 e. The van der Waals surface area contributed by atoms with Crippen molar-refractivity contribution in [3.63, 3.8) is 0 Å². The topological polar surface area (TPSA) is 69.2 Å². The van der Waals surface area contributed by atoms with Gasteiger partial charge in [-0.2, -0.15) is 0 Å². The van der Waals surface area contributed by atoms with E-state index in [9.17, 15) is 9.18 Å². The molecular weight excluding hydrogens is 535 g/mol. The first-order valence-electron chi connectivity index (χ1n) is 10.7. The Balaban J connectivity index is 1.54. The second kappa shape index (κ2) is 11.4. The number of amides is 1. The van der Waals surface area contributed by atoms with Crippen LogP contribution < -0.4 is 19.5 Å². The van der Waals surface area contributed by atoms with E-state index in [1.807, 2.05) is 37.3 Å². The summed E-state index contributed by atoms with van der Waals surface area (Å²) in [5.41, 5.74) is 2.16. The number of methoxy groups -OCH3 is 1. The van der Waals surface area contributed by atoms with Crippen molar-refractivity contribution in [2.24, 2.45) is 4.99 Å². The van der Waals surface area contributed by atoms with E-state index >= 15 is 0 Å². The number of hydrogen-bond donors (Lipinski definition) is 1. The summed E-state index contributed by atoms with van der Waals surface area (Å²) in [6.07, 6.45) is 1.76. The van der Waals surface area contributed by atoms with Crippen LogP contribution >= 0.6 is 27.7 Å². The van der Waals surface area contributed by atoms with Gasteiger partial charge in [-0.25, -0.2) is 9.38 Å². The van der Waals surface area contributed by atoms with Crippen LogP contribution in [-0.4, -0.2) is 24.8 Å². The molecule has 1 heterocycles. The smallest absolute Gasteiger partial charge is 0.264 e. The number of hydrogen-bond acceptors (Lipinski definition) is 6. The first-order valence-corrected chi connectivity index (χ1v) is 12.3. The largest absolute Gasteiger partial charge is 0.497 e. The summed E-state index contributed by atoms with van der Waals surface area (Å²) in [5, 5.41) is 3.28. The molecule has 4 rings (SSSR count). The summed E-state index contributed by atoms with van der Waals surface area (Å²) < 4.78 is 31.0. The molecular formula is C26H22BrFN2O4S. The fourth-order valence-corrected chi connectivity index (χ4v) is 4.68. The third-order valence-corrected chi connectivity index (χ3v) is 6.35. The number of carbonyl (C=O) groups excluding carboxylic acids is 1. The molecule has 1 amide bonds. The number of nitrogens with one attached hydrogen (secondary N) is 1. The van der Waals surface area contributed by atoms with Crippen LogP contribution in [0.3, 0.4) is 0 Å². The Labute approximate surface area is 215 Å². The van der Waals surface area contributed by atoms with Crippen LogP contribution in [0.25, 0.3) is 6.08 Å². The van der Waals surface area contributed by atoms with Gasteiger partial charge in [-0.15, -0.1) is 0 Å². The van der Waals surface area contributed by atoms with Crippen molar-refractivity contribution in [3.05, 3.63) is 87.0 Å². The zero-order valence-electron chi connectivity index (χ0n) is 19.0. The summed E-state index contributed by atoms with van der Waals surface area (Å²) in [6.45, 7) is 2.48. The predicted molar refractivity (Wildman–Crippen MR) is 140 cm³/mol. The number of amidine groups is 1. The molecule has 1 aliphatic rings. The number of halogens is 2. The van der Waals surface area contributed by atoms with Crippen molar-refractivity contribution in [2.45, 2.75) is 13.5 Å². The summed E-state index contributed by atoms with van der Waals surface area (Å²) in [4.78, 5) is 17.5. The second-order valence-electron chi connectivity index (χ2n) is 7.36. The maximum absolute atomic E-state index is 13.5. The van der Waals surface area contributed by atoms with Crippen molar-refractivity contribution in [3.8, 4) is 17.2 Å². The summed E-state index contributed by atoms with van der Waals surface area (Å²) in [5.74, 6) is 1.20. The van der Waals surface area contributed by atoms with E-state index in [-0.39, 0.29) is 18.3 Å². The van der Waals surface area contributed by atoms with Crippen LogP contribution in [0.2, 0.25) is 0 Å². The van der Waals surface area contributed by atoms with E-state index in [4.69, 9.17) is 14.2 Å². The molecule has 1 N–H and O–H groups in total. The van der Waals surface area contributed by atoms with Crippen molar-refractivity contribution >= 4 is 50.5 Å². The molecule has 3 aromatic carbocycles. The van der Waals surface area contributed by atoms with Crippen LogP contribution in [0.1, 0.15) is 18.1 Å². The van der Waals surface area contributed by atoms with Gasteiger partial charge in [-0.05, 0) is 100 Å². The lowest BCUT2D eigenvalue weighted by Gasteiger charge is -2.15. The van der Waals surface area contributed by atoms with Crippen molar-refractivity contribution in [1.82, 2.24) is 5.32 Å². The average molecular weight is 557 g/mol. The Morgan fingerprint density at radius 3 is 2.63 bits per heavy atom. The van der Waals surface area contributed by atoms with Crippen molar-refractivity contribution in [2.75, 3.05) is 13.7 Å². The molecule has 0 saturated carbocycles. The van der Waals surface area contributed by atoms with E-state index in [1.165, 1.54) is 23.9 Å². The molecule has 0 radical (unpaired) electrons. The maximum atomic E-state index is 13.5. The Hall–Kier alpha value is -3.30. The van der Waals surface area contributed by atoms with Crippen molar-refractivity contribution < 1.29 is 23.4 Å². The quantitative estimate of drug-likeness (QED) is 0.322. The lowest BCUT2D eigenvalue weighted by atomic mass is 10.1. The van der Waals surface area contributed by atoms with Gasteiger partial charge in [0.25, 0.3) is 5.91 Å². The minimum absolute atomic E-state index is 0.181. The molecule has 3 aromatic rings. The summed E-state index contributed by atoms with van der Waals surface area (Å²) in [7, 11) is 1.60. The standard InChI is InChI=1S/C26H22BrFN2O4S/c1-3-33-22-13-17(12-21(27)24(22)34-15-16-5-4-6-18(28)11-16)14-23-25(31)30-26(35-23)29-19-7-9-20(32-2)10-8-19/h4-14H,3,15H2,1-2H3,(H,29,30,31)/b23-14+. The van der Waals surface area contributed by atoms with E-state index in [1.54, 1.807) is 31.4 Å². The number of carbonyl (C=O) groups is 1. The van der Waals surface area contributed by atoms with E-state index in [0.29, 0.717) is 43.9 Å². The van der Waals surface area contributed by atoms with Gasteiger partial charge >= 0.3 is 0 Å². The van der Waals surface area contributed by atoms with Gasteiger partial charge in [0.1, 0.15) is 18.2 Å². The molecule has 0 unspecified atom stereocenters. The van der Waals surface area contributed by atoms with Gasteiger partial charge in [-0.1, -0.05) is 12.1 Å². The highest BCUT2D eigenvalue weighted by molar-refractivity contribution is 9.10. The molecule has 0 aliphatic carbocycles. The zero-order valence-corrected chi connectivity index (χ0v) is 21.4. The van der Waals surface area contributed by atoms with Gasteiger partial charge in [0.05, 0.1) is 28.8 Å². The number of thioether (sulfide) groups is 1. The molecule has 0 bridgehead atoms. The van der Waals surface area contributed by atoms with Crippen LogP contribution in [0.4, 0.5) is 10.1 Å². The Morgan fingerprint density at radius 2 is 1.91 bits per heavy atom. The minimum Gasteiger partial charge on any atom is -0.497 e. The third-order valence-electron chi connectivity index (χ3n) is 4.86. The SMILES string of the molecule is CCOc1cc(/C=C2/SC(=Nc3ccc(OC)cc3)NC2=O)cc(Br)c1OCc1cccc(F)c1. The Kier molecular flexibility index (Phi) is 8.09. The number of benzene rings is 3. The fourth-order valence-electron chi connectivity index (χ4n) is 3.26. The van der Waals surface area contributed by atoms with Gasteiger partial charge in [-0.3, -0.25) is 4.79 Å². The zero-order chi connectivity index (χ0) is 24.8. The van der Waals surface area contributed by atoms with Gasteiger partial charge < -0.3 is 19.5 Å².